The van der Waals surface area contributed by atoms with E-state index < -0.39 is 12.1 Å². The zero-order valence-corrected chi connectivity index (χ0v) is 13.7. The third-order valence-corrected chi connectivity index (χ3v) is 3.73. The van der Waals surface area contributed by atoms with Crippen molar-refractivity contribution in [3.63, 3.8) is 0 Å². The van der Waals surface area contributed by atoms with Gasteiger partial charge in [0, 0.05) is 6.54 Å². The van der Waals surface area contributed by atoms with Gasteiger partial charge in [-0.15, -0.1) is 0 Å². The van der Waals surface area contributed by atoms with E-state index in [1.54, 1.807) is 12.1 Å². The molecule has 0 aliphatic carbocycles. The first-order chi connectivity index (χ1) is 11.5. The van der Waals surface area contributed by atoms with Crippen LogP contribution in [0.2, 0.25) is 0 Å². The summed E-state index contributed by atoms with van der Waals surface area (Å²) < 4.78 is 5.11. The Hall–Kier alpha value is -2.82. The fourth-order valence-electron chi connectivity index (χ4n) is 2.22. The van der Waals surface area contributed by atoms with Crippen molar-refractivity contribution in [2.45, 2.75) is 25.9 Å². The summed E-state index contributed by atoms with van der Waals surface area (Å²) in [5.74, 6) is -1.13. The number of phenolic OH excluding ortho intramolecular Hbond substituents is 1. The van der Waals surface area contributed by atoms with Gasteiger partial charge in [0.15, 0.2) is 6.10 Å². The van der Waals surface area contributed by atoms with Crippen LogP contribution in [-0.2, 0) is 9.53 Å². The Morgan fingerprint density at radius 3 is 2.33 bits per heavy atom. The second-order valence-electron chi connectivity index (χ2n) is 5.62. The molecule has 2 aromatic carbocycles. The summed E-state index contributed by atoms with van der Waals surface area (Å²) in [6.07, 6.45) is -0.944. The largest absolute Gasteiger partial charge is 0.507 e. The molecule has 5 nitrogen and oxygen atoms in total. The van der Waals surface area contributed by atoms with E-state index in [0.29, 0.717) is 6.54 Å². The molecule has 24 heavy (non-hydrogen) atoms. The predicted molar refractivity (Wildman–Crippen MR) is 90.9 cm³/mol. The standard InChI is InChI=1S/C19H21NO4/c1-13(15-8-4-3-5-9-15)12-20-18(22)14(2)24-19(23)16-10-6-7-11-17(16)21/h3-11,13-14,21H,12H2,1-2H3,(H,20,22)/t13-,14+/m0/s1. The van der Waals surface area contributed by atoms with Crippen molar-refractivity contribution in [2.24, 2.45) is 0 Å². The fourth-order valence-corrected chi connectivity index (χ4v) is 2.22. The second kappa shape index (κ2) is 8.15. The molecule has 1 amide bonds. The van der Waals surface area contributed by atoms with Gasteiger partial charge in [0.05, 0.1) is 0 Å². The molecule has 0 spiro atoms. The van der Waals surface area contributed by atoms with E-state index >= 15 is 0 Å². The fraction of sp³-hybridized carbons (Fsp3) is 0.263. The van der Waals surface area contributed by atoms with Crippen molar-refractivity contribution < 1.29 is 19.4 Å². The lowest BCUT2D eigenvalue weighted by Crippen LogP contribution is -2.37. The van der Waals surface area contributed by atoms with Gasteiger partial charge in [-0.1, -0.05) is 49.4 Å². The molecule has 0 heterocycles. The molecule has 2 aromatic rings. The molecular formula is C19H21NO4. The highest BCUT2D eigenvalue weighted by Gasteiger charge is 2.21. The molecule has 0 aliphatic heterocycles. The van der Waals surface area contributed by atoms with Gasteiger partial charge in [0.1, 0.15) is 11.3 Å². The van der Waals surface area contributed by atoms with Gasteiger partial charge < -0.3 is 15.2 Å². The Bertz CT molecular complexity index is 700. The normalized spacial score (nSPS) is 12.9. The lowest BCUT2D eigenvalue weighted by Gasteiger charge is -2.17. The summed E-state index contributed by atoms with van der Waals surface area (Å²) in [7, 11) is 0. The molecule has 2 rings (SSSR count). The van der Waals surface area contributed by atoms with Crippen LogP contribution in [0.1, 0.15) is 35.7 Å². The Kier molecular flexibility index (Phi) is 5.95. The Labute approximate surface area is 141 Å². The van der Waals surface area contributed by atoms with Gasteiger partial charge in [-0.25, -0.2) is 4.79 Å². The number of carbonyl (C=O) groups excluding carboxylic acids is 2. The maximum Gasteiger partial charge on any atom is 0.342 e. The third kappa shape index (κ3) is 4.59. The molecule has 0 aliphatic rings. The maximum atomic E-state index is 12.1. The number of amides is 1. The van der Waals surface area contributed by atoms with Crippen molar-refractivity contribution >= 4 is 11.9 Å². The number of hydrogen-bond acceptors (Lipinski definition) is 4. The Morgan fingerprint density at radius 2 is 1.67 bits per heavy atom. The number of phenols is 1. The predicted octanol–water partition coefficient (Wildman–Crippen LogP) is 2.86. The van der Waals surface area contributed by atoms with Gasteiger partial charge in [0.25, 0.3) is 5.91 Å². The quantitative estimate of drug-likeness (QED) is 0.800. The van der Waals surface area contributed by atoms with E-state index in [9.17, 15) is 14.7 Å². The van der Waals surface area contributed by atoms with Crippen molar-refractivity contribution in [1.82, 2.24) is 5.32 Å². The van der Waals surface area contributed by atoms with E-state index in [1.165, 1.54) is 19.1 Å². The summed E-state index contributed by atoms with van der Waals surface area (Å²) in [4.78, 5) is 24.1. The van der Waals surface area contributed by atoms with Crippen LogP contribution in [0, 0.1) is 0 Å². The first-order valence-electron chi connectivity index (χ1n) is 7.80. The van der Waals surface area contributed by atoms with Gasteiger partial charge in [-0.3, -0.25) is 4.79 Å². The third-order valence-electron chi connectivity index (χ3n) is 3.73. The van der Waals surface area contributed by atoms with Crippen LogP contribution in [0.4, 0.5) is 0 Å². The van der Waals surface area contributed by atoms with E-state index in [-0.39, 0.29) is 23.1 Å². The maximum absolute atomic E-state index is 12.1. The SMILES string of the molecule is C[C@@H](OC(=O)c1ccccc1O)C(=O)NC[C@H](C)c1ccccc1. The number of benzene rings is 2. The second-order valence-corrected chi connectivity index (χ2v) is 5.62. The molecule has 2 N–H and O–H groups in total. The van der Waals surface area contributed by atoms with Crippen molar-refractivity contribution in [3.05, 3.63) is 65.7 Å². The molecule has 0 bridgehead atoms. The summed E-state index contributed by atoms with van der Waals surface area (Å²) in [6, 6.07) is 15.9. The highest BCUT2D eigenvalue weighted by molar-refractivity contribution is 5.94. The van der Waals surface area contributed by atoms with Gasteiger partial charge in [-0.05, 0) is 30.5 Å². The molecule has 0 fully saturated rings. The minimum absolute atomic E-state index is 0.0369. The molecule has 0 unspecified atom stereocenters. The van der Waals surface area contributed by atoms with E-state index in [4.69, 9.17) is 4.74 Å². The number of rotatable bonds is 6. The number of para-hydroxylation sites is 1. The number of aromatic hydroxyl groups is 1. The number of ether oxygens (including phenoxy) is 1. The van der Waals surface area contributed by atoms with E-state index in [0.717, 1.165) is 5.56 Å². The molecule has 0 radical (unpaired) electrons. The van der Waals surface area contributed by atoms with E-state index in [1.807, 2.05) is 37.3 Å². The number of esters is 1. The smallest absolute Gasteiger partial charge is 0.342 e. The van der Waals surface area contributed by atoms with Crippen LogP contribution in [0.15, 0.2) is 54.6 Å². The highest BCUT2D eigenvalue weighted by atomic mass is 16.5. The number of hydrogen-bond donors (Lipinski definition) is 2. The molecule has 0 saturated carbocycles. The van der Waals surface area contributed by atoms with Crippen molar-refractivity contribution in [2.75, 3.05) is 6.54 Å². The molecule has 5 heteroatoms. The molecule has 0 saturated heterocycles. The first-order valence-corrected chi connectivity index (χ1v) is 7.80. The average Bonchev–Trinajstić information content (AvgIpc) is 2.60. The topological polar surface area (TPSA) is 75.6 Å². The number of carbonyl (C=O) groups is 2. The average molecular weight is 327 g/mol. The van der Waals surface area contributed by atoms with Crippen LogP contribution in [0.3, 0.4) is 0 Å². The van der Waals surface area contributed by atoms with Gasteiger partial charge in [0.2, 0.25) is 0 Å². The molecule has 0 aromatic heterocycles. The summed E-state index contributed by atoms with van der Waals surface area (Å²) in [6.45, 7) is 3.95. The van der Waals surface area contributed by atoms with Gasteiger partial charge in [-0.2, -0.15) is 0 Å². The first kappa shape index (κ1) is 17.5. The summed E-state index contributed by atoms with van der Waals surface area (Å²) in [5.41, 5.74) is 1.16. The lowest BCUT2D eigenvalue weighted by molar-refractivity contribution is -0.129. The monoisotopic (exact) mass is 327 g/mol. The Balaban J connectivity index is 1.86. The lowest BCUT2D eigenvalue weighted by atomic mass is 10.0. The van der Waals surface area contributed by atoms with Crippen LogP contribution in [0.25, 0.3) is 0 Å². The van der Waals surface area contributed by atoms with Crippen LogP contribution >= 0.6 is 0 Å². The molecule has 126 valence electrons. The zero-order chi connectivity index (χ0) is 17.5. The van der Waals surface area contributed by atoms with Crippen LogP contribution in [0.5, 0.6) is 5.75 Å². The molecule has 2 atom stereocenters. The van der Waals surface area contributed by atoms with Gasteiger partial charge >= 0.3 is 5.97 Å². The highest BCUT2D eigenvalue weighted by Crippen LogP contribution is 2.17. The van der Waals surface area contributed by atoms with Crippen LogP contribution in [-0.4, -0.2) is 29.6 Å². The summed E-state index contributed by atoms with van der Waals surface area (Å²) >= 11 is 0. The van der Waals surface area contributed by atoms with E-state index in [2.05, 4.69) is 5.32 Å². The van der Waals surface area contributed by atoms with Crippen LogP contribution < -0.4 is 5.32 Å². The summed E-state index contributed by atoms with van der Waals surface area (Å²) in [5, 5.41) is 12.4. The van der Waals surface area contributed by atoms with Crippen molar-refractivity contribution in [1.29, 1.82) is 0 Å². The Morgan fingerprint density at radius 1 is 1.04 bits per heavy atom. The molecular weight excluding hydrogens is 306 g/mol. The minimum Gasteiger partial charge on any atom is -0.507 e. The minimum atomic E-state index is -0.944. The van der Waals surface area contributed by atoms with Crippen molar-refractivity contribution in [3.8, 4) is 5.75 Å². The number of nitrogens with one attached hydrogen (secondary N) is 1. The zero-order valence-electron chi connectivity index (χ0n) is 13.7.